The Kier molecular flexibility index (Phi) is 5.90. The molecule has 1 saturated heterocycles. The molecule has 0 saturated carbocycles. The van der Waals surface area contributed by atoms with Crippen LogP contribution in [0.1, 0.15) is 13.3 Å². The number of β-amino-alcohol motifs (C(OH)–C–C–N with tert-alkyl or cyclic N) is 1. The van der Waals surface area contributed by atoms with E-state index < -0.39 is 0 Å². The lowest BCUT2D eigenvalue weighted by Crippen LogP contribution is -2.33. The lowest BCUT2D eigenvalue weighted by molar-refractivity contribution is 0.204. The molecule has 9 heteroatoms. The Hall–Kier alpha value is -1.71. The van der Waals surface area contributed by atoms with Gasteiger partial charge in [-0.2, -0.15) is 15.0 Å². The second kappa shape index (κ2) is 7.91. The van der Waals surface area contributed by atoms with Crippen LogP contribution in [0.15, 0.2) is 0 Å². The molecule has 0 unspecified atom stereocenters. The number of nitrogens with one attached hydrogen (secondary N) is 1. The summed E-state index contributed by atoms with van der Waals surface area (Å²) in [5.74, 6) is 6.25. The lowest BCUT2D eigenvalue weighted by atomic mass is 10.4. The Bertz CT molecular complexity index is 446. The van der Waals surface area contributed by atoms with Gasteiger partial charge >= 0.3 is 6.01 Å². The first-order valence-corrected chi connectivity index (χ1v) is 7.20. The fourth-order valence-corrected chi connectivity index (χ4v) is 2.28. The third kappa shape index (κ3) is 4.38. The first-order chi connectivity index (χ1) is 10.3. The van der Waals surface area contributed by atoms with Gasteiger partial charge in [0, 0.05) is 26.2 Å². The van der Waals surface area contributed by atoms with Gasteiger partial charge in [-0.05, 0) is 19.9 Å². The smallest absolute Gasteiger partial charge is 0.323 e. The minimum Gasteiger partial charge on any atom is -0.464 e. The molecule has 0 atom stereocenters. The van der Waals surface area contributed by atoms with Crippen molar-refractivity contribution >= 4 is 11.9 Å². The summed E-state index contributed by atoms with van der Waals surface area (Å²) in [7, 11) is 0. The molecule has 0 aliphatic carbocycles. The molecular formula is C12H23N7O2. The summed E-state index contributed by atoms with van der Waals surface area (Å²) < 4.78 is 5.34. The molecule has 9 nitrogen and oxygen atoms in total. The molecule has 0 spiro atoms. The quantitative estimate of drug-likeness (QED) is 0.452. The van der Waals surface area contributed by atoms with Crippen LogP contribution in [0.5, 0.6) is 6.01 Å². The number of aromatic nitrogens is 3. The third-order valence-corrected chi connectivity index (χ3v) is 3.29. The van der Waals surface area contributed by atoms with Crippen molar-refractivity contribution in [2.24, 2.45) is 5.84 Å². The van der Waals surface area contributed by atoms with Crippen LogP contribution in [-0.2, 0) is 0 Å². The molecule has 1 aliphatic rings. The predicted octanol–water partition coefficient (Wildman–Crippen LogP) is -0.940. The van der Waals surface area contributed by atoms with Crippen molar-refractivity contribution < 1.29 is 9.84 Å². The molecule has 0 bridgehead atoms. The van der Waals surface area contributed by atoms with Gasteiger partial charge in [0.05, 0.1) is 13.2 Å². The van der Waals surface area contributed by atoms with Gasteiger partial charge in [0.1, 0.15) is 0 Å². The van der Waals surface area contributed by atoms with Crippen molar-refractivity contribution in [3.63, 3.8) is 0 Å². The van der Waals surface area contributed by atoms with Crippen LogP contribution in [0.3, 0.4) is 0 Å². The van der Waals surface area contributed by atoms with E-state index in [-0.39, 0.29) is 12.6 Å². The zero-order valence-electron chi connectivity index (χ0n) is 12.3. The minimum atomic E-state index is 0.182. The number of nitrogen functional groups attached to an aromatic ring is 1. The molecule has 1 aromatic rings. The fraction of sp³-hybridized carbons (Fsp3) is 0.750. The number of ether oxygens (including phenoxy) is 1. The molecule has 0 amide bonds. The van der Waals surface area contributed by atoms with E-state index in [1.807, 2.05) is 6.92 Å². The Morgan fingerprint density at radius 2 is 2.10 bits per heavy atom. The molecule has 0 aromatic carbocycles. The van der Waals surface area contributed by atoms with Gasteiger partial charge in [-0.25, -0.2) is 5.84 Å². The van der Waals surface area contributed by atoms with Gasteiger partial charge in [0.15, 0.2) is 0 Å². The van der Waals surface area contributed by atoms with Gasteiger partial charge in [0.25, 0.3) is 0 Å². The SMILES string of the molecule is CCOc1nc(NN)nc(N2CCCN(CCO)CC2)n1. The molecule has 21 heavy (non-hydrogen) atoms. The predicted molar refractivity (Wildman–Crippen MR) is 79.2 cm³/mol. The van der Waals surface area contributed by atoms with Crippen molar-refractivity contribution in [3.8, 4) is 6.01 Å². The molecule has 1 aromatic heterocycles. The zero-order valence-corrected chi connectivity index (χ0v) is 12.3. The molecule has 4 N–H and O–H groups in total. The van der Waals surface area contributed by atoms with Crippen molar-refractivity contribution in [1.29, 1.82) is 0 Å². The maximum absolute atomic E-state index is 9.03. The highest BCUT2D eigenvalue weighted by Crippen LogP contribution is 2.16. The Balaban J connectivity index is 2.11. The highest BCUT2D eigenvalue weighted by molar-refractivity contribution is 5.37. The number of aliphatic hydroxyl groups excluding tert-OH is 1. The summed E-state index contributed by atoms with van der Waals surface area (Å²) in [5.41, 5.74) is 2.44. The van der Waals surface area contributed by atoms with Gasteiger partial charge in [-0.1, -0.05) is 0 Å². The minimum absolute atomic E-state index is 0.182. The summed E-state index contributed by atoms with van der Waals surface area (Å²) in [6.07, 6.45) is 0.987. The third-order valence-electron chi connectivity index (χ3n) is 3.29. The number of anilines is 2. The molecule has 0 radical (unpaired) electrons. The van der Waals surface area contributed by atoms with Crippen LogP contribution >= 0.6 is 0 Å². The van der Waals surface area contributed by atoms with E-state index in [0.29, 0.717) is 25.0 Å². The van der Waals surface area contributed by atoms with Crippen LogP contribution in [0.2, 0.25) is 0 Å². The second-order valence-corrected chi connectivity index (χ2v) is 4.72. The monoisotopic (exact) mass is 297 g/mol. The van der Waals surface area contributed by atoms with Crippen LogP contribution in [-0.4, -0.2) is 70.9 Å². The number of hydrazine groups is 1. The van der Waals surface area contributed by atoms with E-state index in [9.17, 15) is 0 Å². The highest BCUT2D eigenvalue weighted by Gasteiger charge is 2.18. The average Bonchev–Trinajstić information content (AvgIpc) is 2.73. The number of rotatable bonds is 6. The fourth-order valence-electron chi connectivity index (χ4n) is 2.28. The van der Waals surface area contributed by atoms with Gasteiger partial charge < -0.3 is 14.7 Å². The Morgan fingerprint density at radius 3 is 2.81 bits per heavy atom. The molecule has 2 heterocycles. The number of aliphatic hydroxyl groups is 1. The largest absolute Gasteiger partial charge is 0.464 e. The van der Waals surface area contributed by atoms with E-state index in [1.54, 1.807) is 0 Å². The summed E-state index contributed by atoms with van der Waals surface area (Å²) in [5, 5.41) is 9.03. The summed E-state index contributed by atoms with van der Waals surface area (Å²) in [6.45, 7) is 6.70. The Morgan fingerprint density at radius 1 is 1.24 bits per heavy atom. The average molecular weight is 297 g/mol. The maximum atomic E-state index is 9.03. The lowest BCUT2D eigenvalue weighted by Gasteiger charge is -2.21. The standard InChI is InChI=1S/C12H23N7O2/c1-2-21-12-15-10(17-13)14-11(16-12)19-5-3-4-18(6-7-19)8-9-20/h20H,2-9,13H2,1H3,(H,14,15,16,17). The van der Waals surface area contributed by atoms with Crippen LogP contribution in [0.4, 0.5) is 11.9 Å². The van der Waals surface area contributed by atoms with Crippen LogP contribution in [0, 0.1) is 0 Å². The Labute approximate surface area is 124 Å². The van der Waals surface area contributed by atoms with Crippen LogP contribution in [0.25, 0.3) is 0 Å². The summed E-state index contributed by atoms with van der Waals surface area (Å²) in [4.78, 5) is 17.0. The molecule has 1 fully saturated rings. The topological polar surface area (TPSA) is 113 Å². The number of nitrogens with two attached hydrogens (primary N) is 1. The highest BCUT2D eigenvalue weighted by atomic mass is 16.5. The first-order valence-electron chi connectivity index (χ1n) is 7.20. The summed E-state index contributed by atoms with van der Waals surface area (Å²) in [6, 6.07) is 0.270. The van der Waals surface area contributed by atoms with Crippen molar-refractivity contribution in [2.45, 2.75) is 13.3 Å². The molecule has 1 aliphatic heterocycles. The maximum Gasteiger partial charge on any atom is 0.323 e. The van der Waals surface area contributed by atoms with Gasteiger partial charge in [-0.3, -0.25) is 10.3 Å². The van der Waals surface area contributed by atoms with E-state index >= 15 is 0 Å². The molecule has 2 rings (SSSR count). The van der Waals surface area contributed by atoms with Crippen molar-refractivity contribution in [3.05, 3.63) is 0 Å². The number of hydrogen-bond acceptors (Lipinski definition) is 9. The van der Waals surface area contributed by atoms with Gasteiger partial charge in [0.2, 0.25) is 11.9 Å². The van der Waals surface area contributed by atoms with E-state index in [2.05, 4.69) is 30.2 Å². The molecule has 118 valence electrons. The van der Waals surface area contributed by atoms with E-state index in [4.69, 9.17) is 15.7 Å². The summed E-state index contributed by atoms with van der Waals surface area (Å²) >= 11 is 0. The number of hydrogen-bond donors (Lipinski definition) is 3. The zero-order chi connectivity index (χ0) is 15.1. The molecular weight excluding hydrogens is 274 g/mol. The van der Waals surface area contributed by atoms with Crippen LogP contribution < -0.4 is 20.9 Å². The van der Waals surface area contributed by atoms with E-state index in [1.165, 1.54) is 0 Å². The van der Waals surface area contributed by atoms with Gasteiger partial charge in [-0.15, -0.1) is 0 Å². The van der Waals surface area contributed by atoms with Crippen molar-refractivity contribution in [1.82, 2.24) is 19.9 Å². The van der Waals surface area contributed by atoms with Crippen molar-refractivity contribution in [2.75, 3.05) is 56.3 Å². The normalized spacial score (nSPS) is 16.6. The second-order valence-electron chi connectivity index (χ2n) is 4.72. The number of nitrogens with zero attached hydrogens (tertiary/aromatic N) is 5. The first kappa shape index (κ1) is 15.7. The van der Waals surface area contributed by atoms with E-state index in [0.717, 1.165) is 32.6 Å².